The summed E-state index contributed by atoms with van der Waals surface area (Å²) < 4.78 is 5.93. The predicted octanol–water partition coefficient (Wildman–Crippen LogP) is 9.09. The van der Waals surface area contributed by atoms with Crippen LogP contribution >= 0.6 is 0 Å². The third kappa shape index (κ3) is 7.07. The van der Waals surface area contributed by atoms with Crippen molar-refractivity contribution in [1.29, 1.82) is 0 Å². The van der Waals surface area contributed by atoms with Gasteiger partial charge in [-0.3, -0.25) is 14.4 Å². The van der Waals surface area contributed by atoms with E-state index in [1.165, 1.54) is 76.2 Å². The lowest BCUT2D eigenvalue weighted by Crippen LogP contribution is -2.53. The Bertz CT molecular complexity index is 889. The Kier molecular flexibility index (Phi) is 10.9. The van der Waals surface area contributed by atoms with E-state index >= 15 is 0 Å². The lowest BCUT2D eigenvalue weighted by atomic mass is 9.48. The molecule has 0 aliphatic heterocycles. The molecular formula is C35H56O4. The van der Waals surface area contributed by atoms with Crippen LogP contribution in [0.1, 0.15) is 156 Å². The van der Waals surface area contributed by atoms with Gasteiger partial charge in [-0.15, -0.1) is 0 Å². The van der Waals surface area contributed by atoms with Crippen LogP contribution in [0.5, 0.6) is 0 Å². The Labute approximate surface area is 238 Å². The Hall–Kier alpha value is -1.45. The number of esters is 1. The minimum absolute atomic E-state index is 0.00130. The maximum absolute atomic E-state index is 13.4. The van der Waals surface area contributed by atoms with Crippen LogP contribution in [0.15, 0.2) is 11.6 Å². The maximum atomic E-state index is 13.4. The van der Waals surface area contributed by atoms with Crippen molar-refractivity contribution in [3.05, 3.63) is 11.6 Å². The summed E-state index contributed by atoms with van der Waals surface area (Å²) in [6, 6.07) is 0. The zero-order valence-electron chi connectivity index (χ0n) is 25.4. The predicted molar refractivity (Wildman–Crippen MR) is 157 cm³/mol. The molecule has 6 atom stereocenters. The highest BCUT2D eigenvalue weighted by Gasteiger charge is 2.61. The van der Waals surface area contributed by atoms with Gasteiger partial charge in [0.25, 0.3) is 0 Å². The number of ketones is 2. The van der Waals surface area contributed by atoms with Crippen LogP contribution in [-0.4, -0.2) is 23.6 Å². The van der Waals surface area contributed by atoms with Gasteiger partial charge in [0.05, 0.1) is 0 Å². The fraction of sp³-hybridized carbons (Fsp3) is 0.857. The number of hydrogen-bond donors (Lipinski definition) is 0. The van der Waals surface area contributed by atoms with Crippen LogP contribution < -0.4 is 0 Å². The monoisotopic (exact) mass is 540 g/mol. The van der Waals surface area contributed by atoms with Crippen LogP contribution in [0.4, 0.5) is 0 Å². The average molecular weight is 541 g/mol. The molecule has 4 heteroatoms. The van der Waals surface area contributed by atoms with Gasteiger partial charge in [0, 0.05) is 30.6 Å². The van der Waals surface area contributed by atoms with Crippen molar-refractivity contribution >= 4 is 17.5 Å². The lowest BCUT2D eigenvalue weighted by molar-refractivity contribution is -0.152. The molecule has 0 spiro atoms. The Morgan fingerprint density at radius 3 is 2.00 bits per heavy atom. The van der Waals surface area contributed by atoms with Crippen molar-refractivity contribution in [1.82, 2.24) is 0 Å². The van der Waals surface area contributed by atoms with Crippen molar-refractivity contribution in [3.8, 4) is 0 Å². The van der Waals surface area contributed by atoms with E-state index in [1.54, 1.807) is 0 Å². The molecule has 3 fully saturated rings. The van der Waals surface area contributed by atoms with Crippen molar-refractivity contribution in [3.63, 3.8) is 0 Å². The first-order chi connectivity index (χ1) is 18.8. The number of allylic oxidation sites excluding steroid dienone is 1. The Morgan fingerprint density at radius 2 is 1.36 bits per heavy atom. The fourth-order valence-electron chi connectivity index (χ4n) is 8.77. The summed E-state index contributed by atoms with van der Waals surface area (Å²) in [6.45, 7) is 6.73. The number of carbonyl (C=O) groups is 3. The molecule has 0 saturated heterocycles. The van der Waals surface area contributed by atoms with Crippen molar-refractivity contribution in [2.45, 2.75) is 162 Å². The second-order valence-corrected chi connectivity index (χ2v) is 14.0. The van der Waals surface area contributed by atoms with E-state index < -0.39 is 0 Å². The normalized spacial score (nSPS) is 33.8. The van der Waals surface area contributed by atoms with E-state index in [2.05, 4.69) is 20.8 Å². The molecule has 4 aliphatic carbocycles. The fourth-order valence-corrected chi connectivity index (χ4v) is 8.77. The van der Waals surface area contributed by atoms with Gasteiger partial charge in [0.1, 0.15) is 11.9 Å². The van der Waals surface area contributed by atoms with Gasteiger partial charge in [0.2, 0.25) is 0 Å². The minimum atomic E-state index is -0.293. The van der Waals surface area contributed by atoms with Gasteiger partial charge in [0.15, 0.2) is 5.78 Å². The molecule has 0 heterocycles. The molecule has 0 N–H and O–H groups in total. The average Bonchev–Trinajstić information content (AvgIpc) is 3.22. The largest absolute Gasteiger partial charge is 0.462 e. The van der Waals surface area contributed by atoms with Gasteiger partial charge < -0.3 is 4.74 Å². The number of rotatable bonds is 15. The summed E-state index contributed by atoms with van der Waals surface area (Å²) in [5.74, 6) is 1.08. The van der Waals surface area contributed by atoms with Gasteiger partial charge in [-0.25, -0.2) is 0 Å². The van der Waals surface area contributed by atoms with E-state index in [0.717, 1.165) is 44.9 Å². The summed E-state index contributed by atoms with van der Waals surface area (Å²) in [6.07, 6.45) is 25.2. The summed E-state index contributed by atoms with van der Waals surface area (Å²) >= 11 is 0. The summed E-state index contributed by atoms with van der Waals surface area (Å²) in [4.78, 5) is 38.6. The molecule has 0 bridgehead atoms. The summed E-state index contributed by atoms with van der Waals surface area (Å²) in [5, 5.41) is 0. The number of Topliss-reactive ketones (excluding diaryl/α,β-unsaturated/α-hetero) is 1. The topological polar surface area (TPSA) is 60.4 Å². The number of ether oxygens (including phenoxy) is 1. The third-order valence-electron chi connectivity index (χ3n) is 11.4. The molecule has 0 amide bonds. The molecule has 220 valence electrons. The highest BCUT2D eigenvalue weighted by atomic mass is 16.5. The van der Waals surface area contributed by atoms with Gasteiger partial charge in [-0.05, 0) is 61.9 Å². The van der Waals surface area contributed by atoms with E-state index in [9.17, 15) is 14.4 Å². The van der Waals surface area contributed by atoms with Crippen molar-refractivity contribution in [2.75, 3.05) is 0 Å². The molecule has 4 aliphatic rings. The van der Waals surface area contributed by atoms with Crippen LogP contribution in [0.3, 0.4) is 0 Å². The Morgan fingerprint density at radius 1 is 0.795 bits per heavy atom. The number of fused-ring (bicyclic) bond motifs is 5. The first-order valence-electron chi connectivity index (χ1n) is 16.8. The SMILES string of the molecule is CCCCCCCCCCCCCCCC(=O)O[C@H]1CC[C@@]2(C)C(=CC(=O)C3C2CC[C@]2(C)C(=O)CCC32)C1. The molecule has 0 aromatic carbocycles. The van der Waals surface area contributed by atoms with E-state index in [1.807, 2.05) is 6.08 Å². The lowest BCUT2D eigenvalue weighted by Gasteiger charge is -2.56. The molecule has 0 radical (unpaired) electrons. The molecule has 0 aromatic rings. The third-order valence-corrected chi connectivity index (χ3v) is 11.4. The van der Waals surface area contributed by atoms with E-state index in [4.69, 9.17) is 4.74 Å². The summed E-state index contributed by atoms with van der Waals surface area (Å²) in [5.41, 5.74) is 0.911. The number of unbranched alkanes of at least 4 members (excludes halogenated alkanes) is 12. The smallest absolute Gasteiger partial charge is 0.306 e. The first-order valence-corrected chi connectivity index (χ1v) is 16.8. The van der Waals surface area contributed by atoms with Gasteiger partial charge in [-0.2, -0.15) is 0 Å². The maximum Gasteiger partial charge on any atom is 0.306 e. The Balaban J connectivity index is 1.13. The van der Waals surface area contributed by atoms with Crippen molar-refractivity contribution in [2.24, 2.45) is 28.6 Å². The summed E-state index contributed by atoms with van der Waals surface area (Å²) in [7, 11) is 0. The zero-order chi connectivity index (χ0) is 27.9. The molecular weight excluding hydrogens is 484 g/mol. The van der Waals surface area contributed by atoms with Crippen LogP contribution in [0.2, 0.25) is 0 Å². The van der Waals surface area contributed by atoms with Crippen LogP contribution in [0, 0.1) is 28.6 Å². The molecule has 3 unspecified atom stereocenters. The second-order valence-electron chi connectivity index (χ2n) is 14.0. The highest BCUT2D eigenvalue weighted by Crippen LogP contribution is 2.63. The standard InChI is InChI=1S/C35H56O4/c1-4-5-6-7-8-9-10-11-12-13-14-15-16-17-32(38)39-27-20-22-34(2)26(24-27)25-30(36)33-28-18-19-31(37)35(28,3)23-21-29(33)34/h25,27-29,33H,4-24H2,1-3H3/t27-,28?,29?,33?,34-,35-/m0/s1. The number of hydrogen-bond acceptors (Lipinski definition) is 4. The van der Waals surface area contributed by atoms with E-state index in [0.29, 0.717) is 31.0 Å². The number of carbonyl (C=O) groups excluding carboxylic acids is 3. The molecule has 4 rings (SSSR count). The quantitative estimate of drug-likeness (QED) is 0.153. The molecule has 4 nitrogen and oxygen atoms in total. The second kappa shape index (κ2) is 13.9. The van der Waals surface area contributed by atoms with Crippen molar-refractivity contribution < 1.29 is 19.1 Å². The van der Waals surface area contributed by atoms with Gasteiger partial charge >= 0.3 is 5.97 Å². The highest BCUT2D eigenvalue weighted by molar-refractivity contribution is 5.96. The first kappa shape index (κ1) is 30.5. The zero-order valence-corrected chi connectivity index (χ0v) is 25.4. The van der Waals surface area contributed by atoms with Crippen LogP contribution in [0.25, 0.3) is 0 Å². The van der Waals surface area contributed by atoms with E-state index in [-0.39, 0.29) is 40.5 Å². The molecule has 3 saturated carbocycles. The molecule has 39 heavy (non-hydrogen) atoms. The van der Waals surface area contributed by atoms with Gasteiger partial charge in [-0.1, -0.05) is 103 Å². The molecule has 0 aromatic heterocycles. The minimum Gasteiger partial charge on any atom is -0.462 e. The van der Waals surface area contributed by atoms with Crippen LogP contribution in [-0.2, 0) is 19.1 Å².